The van der Waals surface area contributed by atoms with Crippen molar-refractivity contribution in [3.63, 3.8) is 0 Å². The lowest BCUT2D eigenvalue weighted by molar-refractivity contribution is -0.143. The Morgan fingerprint density at radius 1 is 1.20 bits per heavy atom. The quantitative estimate of drug-likeness (QED) is 0.308. The highest BCUT2D eigenvalue weighted by atomic mass is 16.5. The molecule has 0 spiro atoms. The summed E-state index contributed by atoms with van der Waals surface area (Å²) in [6.45, 7) is 6.91. The molecule has 0 aromatic heterocycles. The summed E-state index contributed by atoms with van der Waals surface area (Å²) >= 11 is 0. The number of amidine groups is 1. The van der Waals surface area contributed by atoms with Crippen molar-refractivity contribution in [2.45, 2.75) is 45.8 Å². The number of anilines is 1. The van der Waals surface area contributed by atoms with E-state index in [-0.39, 0.29) is 48.4 Å². The molecule has 1 fully saturated rings. The van der Waals surface area contributed by atoms with Crippen molar-refractivity contribution in [3.8, 4) is 11.5 Å². The number of nitrogens with zero attached hydrogens (tertiary/aromatic N) is 2. The van der Waals surface area contributed by atoms with Crippen molar-refractivity contribution in [2.75, 3.05) is 44.8 Å². The maximum Gasteiger partial charge on any atom is 0.329 e. The molecule has 2 aliphatic heterocycles. The number of hydrogen-bond donors (Lipinski definition) is 4. The monoisotopic (exact) mass is 552 g/mol. The van der Waals surface area contributed by atoms with Crippen LogP contribution in [-0.4, -0.2) is 84.6 Å². The lowest BCUT2D eigenvalue weighted by Crippen LogP contribution is -2.30. The van der Waals surface area contributed by atoms with Crippen LogP contribution >= 0.6 is 0 Å². The van der Waals surface area contributed by atoms with E-state index in [4.69, 9.17) is 20.0 Å². The summed E-state index contributed by atoms with van der Waals surface area (Å²) in [7, 11) is 1.53. The number of ether oxygens (including phenoxy) is 2. The number of rotatable bonds is 11. The number of Topliss-reactive ketones (excluding diaryl/α,β-unsaturated/α-hetero) is 1. The molecule has 0 aliphatic carbocycles. The van der Waals surface area contributed by atoms with E-state index < -0.39 is 5.97 Å². The molecule has 1 atom stereocenters. The molecule has 11 nitrogen and oxygen atoms in total. The summed E-state index contributed by atoms with van der Waals surface area (Å²) in [4.78, 5) is 40.4. The number of fused-ring (bicyclic) bond motifs is 1. The fourth-order valence-corrected chi connectivity index (χ4v) is 5.17. The van der Waals surface area contributed by atoms with Gasteiger partial charge in [-0.1, -0.05) is 13.8 Å². The first-order valence-electron chi connectivity index (χ1n) is 13.4. The summed E-state index contributed by atoms with van der Waals surface area (Å²) in [5, 5.41) is 31.3. The van der Waals surface area contributed by atoms with Gasteiger partial charge in [0.15, 0.2) is 5.78 Å². The fraction of sp³-hybridized carbons (Fsp3) is 0.448. The Bertz CT molecular complexity index is 1340. The second-order valence-corrected chi connectivity index (χ2v) is 10.3. The Morgan fingerprint density at radius 2 is 1.95 bits per heavy atom. The van der Waals surface area contributed by atoms with Gasteiger partial charge in [0, 0.05) is 37.8 Å². The van der Waals surface area contributed by atoms with Crippen LogP contribution in [0.4, 0.5) is 5.69 Å². The number of ketones is 1. The minimum atomic E-state index is -1.04. The number of amides is 1. The molecular formula is C29H36N4O7. The Kier molecular flexibility index (Phi) is 8.63. The van der Waals surface area contributed by atoms with E-state index >= 15 is 0 Å². The van der Waals surface area contributed by atoms with Gasteiger partial charge in [0.05, 0.1) is 30.5 Å². The van der Waals surface area contributed by atoms with Crippen LogP contribution in [-0.2, 0) is 16.1 Å². The third-order valence-electron chi connectivity index (χ3n) is 7.24. The Morgan fingerprint density at radius 3 is 2.60 bits per heavy atom. The van der Waals surface area contributed by atoms with Crippen LogP contribution in [0, 0.1) is 5.41 Å². The first-order chi connectivity index (χ1) is 19.0. The third-order valence-corrected chi connectivity index (χ3v) is 7.24. The highest BCUT2D eigenvalue weighted by molar-refractivity contribution is 6.08. The van der Waals surface area contributed by atoms with E-state index in [0.29, 0.717) is 66.4 Å². The van der Waals surface area contributed by atoms with Gasteiger partial charge in [-0.3, -0.25) is 15.0 Å². The molecule has 2 heterocycles. The molecular weight excluding hydrogens is 516 g/mol. The van der Waals surface area contributed by atoms with E-state index in [1.165, 1.54) is 7.05 Å². The number of carbonyl (C=O) groups is 3. The number of carboxylic acid groups (broad SMARTS) is 1. The van der Waals surface area contributed by atoms with Gasteiger partial charge in [-0.25, -0.2) is 4.79 Å². The molecule has 0 radical (unpaired) electrons. The summed E-state index contributed by atoms with van der Waals surface area (Å²) in [6, 6.07) is 6.75. The number of nitrogens with one attached hydrogen (secondary N) is 2. The summed E-state index contributed by atoms with van der Waals surface area (Å²) in [5.41, 5.74) is 3.26. The molecule has 1 saturated heterocycles. The van der Waals surface area contributed by atoms with Crippen molar-refractivity contribution in [1.29, 1.82) is 5.41 Å². The number of phenolic OH excluding ortho intramolecular Hbond substituents is 1. The van der Waals surface area contributed by atoms with Gasteiger partial charge in [0.1, 0.15) is 23.9 Å². The number of carbonyl (C=O) groups excluding carboxylic acids is 2. The van der Waals surface area contributed by atoms with Crippen molar-refractivity contribution >= 4 is 29.2 Å². The molecule has 0 saturated carbocycles. The number of aromatic hydroxyl groups is 1. The van der Waals surface area contributed by atoms with Gasteiger partial charge in [0.25, 0.3) is 5.91 Å². The number of phenols is 1. The molecule has 214 valence electrons. The minimum absolute atomic E-state index is 0.0531. The van der Waals surface area contributed by atoms with Gasteiger partial charge < -0.3 is 34.8 Å². The molecule has 4 N–H and O–H groups in total. The third kappa shape index (κ3) is 5.89. The lowest BCUT2D eigenvalue weighted by atomic mass is 9.96. The summed E-state index contributed by atoms with van der Waals surface area (Å²) < 4.78 is 11.1. The first-order valence-corrected chi connectivity index (χ1v) is 13.4. The van der Waals surface area contributed by atoms with Gasteiger partial charge in [0.2, 0.25) is 0 Å². The Hall–Kier alpha value is -4.12. The molecule has 2 aliphatic rings. The van der Waals surface area contributed by atoms with Crippen LogP contribution in [0.3, 0.4) is 0 Å². The van der Waals surface area contributed by atoms with Crippen LogP contribution < -0.4 is 15.0 Å². The number of carboxylic acids is 1. The lowest BCUT2D eigenvalue weighted by Gasteiger charge is -2.24. The van der Waals surface area contributed by atoms with Crippen molar-refractivity contribution in [2.24, 2.45) is 0 Å². The molecule has 11 heteroatoms. The van der Waals surface area contributed by atoms with Crippen LogP contribution in [0.2, 0.25) is 0 Å². The largest absolute Gasteiger partial charge is 0.505 e. The predicted molar refractivity (Wildman–Crippen MR) is 149 cm³/mol. The Balaban J connectivity index is 1.57. The highest BCUT2D eigenvalue weighted by Crippen LogP contribution is 2.39. The molecule has 4 rings (SSSR count). The van der Waals surface area contributed by atoms with Crippen LogP contribution in [0.25, 0.3) is 0 Å². The van der Waals surface area contributed by atoms with Crippen molar-refractivity contribution in [1.82, 2.24) is 10.2 Å². The van der Waals surface area contributed by atoms with Crippen LogP contribution in [0.5, 0.6) is 11.5 Å². The second-order valence-electron chi connectivity index (χ2n) is 10.3. The zero-order valence-corrected chi connectivity index (χ0v) is 23.2. The minimum Gasteiger partial charge on any atom is -0.505 e. The zero-order valence-electron chi connectivity index (χ0n) is 23.2. The van der Waals surface area contributed by atoms with E-state index in [1.807, 2.05) is 25.7 Å². The Labute approximate surface area is 233 Å². The van der Waals surface area contributed by atoms with E-state index in [0.717, 1.165) is 5.56 Å². The van der Waals surface area contributed by atoms with Crippen molar-refractivity contribution in [3.05, 3.63) is 52.1 Å². The molecule has 1 amide bonds. The van der Waals surface area contributed by atoms with Gasteiger partial charge >= 0.3 is 5.97 Å². The average Bonchev–Trinajstić information content (AvgIpc) is 3.51. The van der Waals surface area contributed by atoms with Crippen molar-refractivity contribution < 1.29 is 34.1 Å². The molecule has 0 bridgehead atoms. The maximum absolute atomic E-state index is 13.6. The molecule has 2 aromatic carbocycles. The average molecular weight is 553 g/mol. The smallest absolute Gasteiger partial charge is 0.329 e. The molecule has 1 unspecified atom stereocenters. The topological polar surface area (TPSA) is 152 Å². The second kappa shape index (κ2) is 12.0. The van der Waals surface area contributed by atoms with Gasteiger partial charge in [-0.2, -0.15) is 0 Å². The molecule has 2 aromatic rings. The maximum atomic E-state index is 13.6. The zero-order chi connectivity index (χ0) is 29.1. The van der Waals surface area contributed by atoms with E-state index in [2.05, 4.69) is 5.32 Å². The number of aliphatic carboxylic acids is 1. The first kappa shape index (κ1) is 28.9. The van der Waals surface area contributed by atoms with E-state index in [9.17, 15) is 19.5 Å². The van der Waals surface area contributed by atoms with Crippen LogP contribution in [0.1, 0.15) is 70.5 Å². The predicted octanol–water partition coefficient (Wildman–Crippen LogP) is 2.98. The van der Waals surface area contributed by atoms with Gasteiger partial charge in [-0.15, -0.1) is 0 Å². The van der Waals surface area contributed by atoms with Crippen LogP contribution in [0.15, 0.2) is 24.3 Å². The standard InChI is InChI=1S/C29H36N4O7/c1-5-39-25-10-18-12-33(28(30)21(18)11-22(25)29(38)31-4)14-24(34)17-8-20(16(2)3)27(37)23(9-17)32-7-6-19(13-32)40-15-26(35)36/h8-11,16,19,30,37H,5-7,12-15H2,1-4H3,(H,31,38)(H,35,36). The highest BCUT2D eigenvalue weighted by Gasteiger charge is 2.31. The van der Waals surface area contributed by atoms with Gasteiger partial charge in [-0.05, 0) is 54.7 Å². The van der Waals surface area contributed by atoms with E-state index in [1.54, 1.807) is 29.2 Å². The summed E-state index contributed by atoms with van der Waals surface area (Å²) in [5.74, 6) is -0.941. The fourth-order valence-electron chi connectivity index (χ4n) is 5.17. The number of hydrogen-bond acceptors (Lipinski definition) is 8. The number of benzene rings is 2. The normalized spacial score (nSPS) is 16.4. The summed E-state index contributed by atoms with van der Waals surface area (Å²) in [6.07, 6.45) is 0.314. The SMILES string of the molecule is CCOc1cc2c(cc1C(=O)NC)C(=N)N(CC(=O)c1cc(C(C)C)c(O)c(N3CCC(OCC(=O)O)C3)c1)C2. The molecule has 40 heavy (non-hydrogen) atoms.